The molecule has 0 aromatic carbocycles. The van der Waals surface area contributed by atoms with Crippen LogP contribution < -0.4 is 10.9 Å². The van der Waals surface area contributed by atoms with Crippen molar-refractivity contribution in [2.75, 3.05) is 11.9 Å². The number of pyridine rings is 3. The van der Waals surface area contributed by atoms with Gasteiger partial charge in [0, 0.05) is 18.6 Å². The second-order valence-electron chi connectivity index (χ2n) is 5.48. The van der Waals surface area contributed by atoms with Crippen molar-refractivity contribution in [2.45, 2.75) is 6.92 Å². The zero-order valence-electron chi connectivity index (χ0n) is 14.5. The fourth-order valence-corrected chi connectivity index (χ4v) is 2.56. The van der Waals surface area contributed by atoms with Gasteiger partial charge in [0.05, 0.1) is 23.4 Å². The van der Waals surface area contributed by atoms with E-state index in [1.165, 1.54) is 16.7 Å². The normalized spacial score (nSPS) is 11.0. The van der Waals surface area contributed by atoms with E-state index >= 15 is 0 Å². The van der Waals surface area contributed by atoms with Crippen molar-refractivity contribution < 1.29 is 9.53 Å². The van der Waals surface area contributed by atoms with E-state index in [1.54, 1.807) is 55.7 Å². The smallest absolute Gasteiger partial charge is 0.341 e. The zero-order valence-corrected chi connectivity index (χ0v) is 14.5. The molecule has 0 fully saturated rings. The van der Waals surface area contributed by atoms with Crippen LogP contribution in [0.2, 0.25) is 0 Å². The van der Waals surface area contributed by atoms with Gasteiger partial charge in [0.1, 0.15) is 17.3 Å². The lowest BCUT2D eigenvalue weighted by Gasteiger charge is -2.09. The van der Waals surface area contributed by atoms with Crippen LogP contribution in [-0.2, 0) is 9.53 Å². The average Bonchev–Trinajstić information content (AvgIpc) is 2.71. The van der Waals surface area contributed by atoms with Crippen LogP contribution in [0.5, 0.6) is 0 Å². The number of nitrogens with one attached hydrogen (secondary N) is 1. The molecule has 0 aliphatic carbocycles. The van der Waals surface area contributed by atoms with E-state index in [1.807, 2.05) is 0 Å². The summed E-state index contributed by atoms with van der Waals surface area (Å²) in [5, 5.41) is 12.2. The minimum Gasteiger partial charge on any atom is -0.462 e. The molecule has 1 N–H and O–H groups in total. The SMILES string of the molecule is CCOC(=O)C(=CNc1cc(C#N)c2ccccn2c1=O)c1ccccn1. The molecular formula is C20H16N4O3. The van der Waals surface area contributed by atoms with E-state index in [0.29, 0.717) is 16.8 Å². The molecule has 0 unspecified atom stereocenters. The summed E-state index contributed by atoms with van der Waals surface area (Å²) in [5.41, 5.74) is 1.24. The summed E-state index contributed by atoms with van der Waals surface area (Å²) in [6.07, 6.45) is 4.51. The monoisotopic (exact) mass is 360 g/mol. The third kappa shape index (κ3) is 3.70. The summed E-state index contributed by atoms with van der Waals surface area (Å²) < 4.78 is 6.44. The number of nitriles is 1. The van der Waals surface area contributed by atoms with Gasteiger partial charge in [0.25, 0.3) is 5.56 Å². The lowest BCUT2D eigenvalue weighted by atomic mass is 10.1. The van der Waals surface area contributed by atoms with E-state index in [4.69, 9.17) is 4.74 Å². The molecule has 0 aliphatic heterocycles. The maximum Gasteiger partial charge on any atom is 0.341 e. The van der Waals surface area contributed by atoms with Gasteiger partial charge in [-0.25, -0.2) is 4.79 Å². The molecule has 7 nitrogen and oxygen atoms in total. The minimum absolute atomic E-state index is 0.160. The molecule has 3 aromatic heterocycles. The van der Waals surface area contributed by atoms with Gasteiger partial charge in [-0.1, -0.05) is 12.1 Å². The summed E-state index contributed by atoms with van der Waals surface area (Å²) in [6.45, 7) is 1.91. The molecular weight excluding hydrogens is 344 g/mol. The van der Waals surface area contributed by atoms with Crippen molar-refractivity contribution in [2.24, 2.45) is 0 Å². The molecule has 0 saturated carbocycles. The van der Waals surface area contributed by atoms with E-state index < -0.39 is 5.97 Å². The lowest BCUT2D eigenvalue weighted by Crippen LogP contribution is -2.18. The van der Waals surface area contributed by atoms with Crippen LogP contribution in [0.3, 0.4) is 0 Å². The van der Waals surface area contributed by atoms with Gasteiger partial charge in [-0.2, -0.15) is 5.26 Å². The first-order valence-electron chi connectivity index (χ1n) is 8.25. The standard InChI is InChI=1S/C20H16N4O3/c1-2-27-20(26)15(16-7-3-5-9-22-16)13-23-17-11-14(12-21)18-8-4-6-10-24(18)19(17)25/h3-11,13,23H,2H2,1H3. The maximum absolute atomic E-state index is 12.7. The van der Waals surface area contributed by atoms with Gasteiger partial charge in [-0.15, -0.1) is 0 Å². The molecule has 0 spiro atoms. The summed E-state index contributed by atoms with van der Waals surface area (Å²) in [7, 11) is 0. The molecule has 3 aromatic rings. The Bertz CT molecular complexity index is 1110. The van der Waals surface area contributed by atoms with Crippen molar-refractivity contribution in [1.29, 1.82) is 5.26 Å². The van der Waals surface area contributed by atoms with Gasteiger partial charge < -0.3 is 10.1 Å². The second kappa shape index (κ2) is 7.97. The van der Waals surface area contributed by atoms with Crippen molar-refractivity contribution in [3.63, 3.8) is 0 Å². The first kappa shape index (κ1) is 17.9. The van der Waals surface area contributed by atoms with E-state index in [-0.39, 0.29) is 23.4 Å². The van der Waals surface area contributed by atoms with Crippen molar-refractivity contribution in [3.05, 3.63) is 82.7 Å². The van der Waals surface area contributed by atoms with E-state index in [0.717, 1.165) is 0 Å². The van der Waals surface area contributed by atoms with Crippen molar-refractivity contribution in [1.82, 2.24) is 9.38 Å². The molecule has 3 rings (SSSR count). The number of carbonyl (C=O) groups is 1. The fraction of sp³-hybridized carbons (Fsp3) is 0.100. The number of fused-ring (bicyclic) bond motifs is 1. The Morgan fingerprint density at radius 1 is 1.33 bits per heavy atom. The van der Waals surface area contributed by atoms with Crippen LogP contribution in [0.4, 0.5) is 5.69 Å². The van der Waals surface area contributed by atoms with Crippen molar-refractivity contribution in [3.8, 4) is 6.07 Å². The molecule has 3 heterocycles. The van der Waals surface area contributed by atoms with Crippen molar-refractivity contribution >= 4 is 22.7 Å². The second-order valence-corrected chi connectivity index (χ2v) is 5.48. The molecule has 0 atom stereocenters. The summed E-state index contributed by atoms with van der Waals surface area (Å²) in [5.74, 6) is -0.565. The van der Waals surface area contributed by atoms with Gasteiger partial charge in [0.2, 0.25) is 0 Å². The quantitative estimate of drug-likeness (QED) is 0.555. The number of nitrogens with zero attached hydrogens (tertiary/aromatic N) is 3. The Kier molecular flexibility index (Phi) is 5.28. The summed E-state index contributed by atoms with van der Waals surface area (Å²) in [4.78, 5) is 29.1. The van der Waals surface area contributed by atoms with Crippen LogP contribution >= 0.6 is 0 Å². The number of carbonyl (C=O) groups excluding carboxylic acids is 1. The van der Waals surface area contributed by atoms with Crippen LogP contribution in [0.25, 0.3) is 11.1 Å². The predicted octanol–water partition coefficient (Wildman–Crippen LogP) is 2.58. The minimum atomic E-state index is -0.565. The third-order valence-corrected chi connectivity index (χ3v) is 3.80. The highest BCUT2D eigenvalue weighted by atomic mass is 16.5. The fourth-order valence-electron chi connectivity index (χ4n) is 2.56. The lowest BCUT2D eigenvalue weighted by molar-refractivity contribution is -0.136. The molecule has 0 saturated heterocycles. The first-order chi connectivity index (χ1) is 13.2. The Labute approximate surface area is 155 Å². The number of aromatic nitrogens is 2. The average molecular weight is 360 g/mol. The molecule has 0 bridgehead atoms. The van der Waals surface area contributed by atoms with Gasteiger partial charge in [0.15, 0.2) is 0 Å². The molecule has 0 aliphatic rings. The first-order valence-corrected chi connectivity index (χ1v) is 8.25. The van der Waals surface area contributed by atoms with Crippen LogP contribution in [0, 0.1) is 11.3 Å². The molecule has 134 valence electrons. The van der Waals surface area contributed by atoms with Gasteiger partial charge in [-0.05, 0) is 37.3 Å². The Hall–Kier alpha value is -3.92. The number of ether oxygens (including phenoxy) is 1. The Morgan fingerprint density at radius 2 is 2.15 bits per heavy atom. The van der Waals surface area contributed by atoms with Gasteiger partial charge >= 0.3 is 5.97 Å². The van der Waals surface area contributed by atoms with Crippen LogP contribution in [0.1, 0.15) is 18.2 Å². The zero-order chi connectivity index (χ0) is 19.2. The maximum atomic E-state index is 12.7. The Morgan fingerprint density at radius 3 is 2.85 bits per heavy atom. The number of hydrogen-bond acceptors (Lipinski definition) is 6. The molecule has 0 amide bonds. The Balaban J connectivity index is 2.07. The van der Waals surface area contributed by atoms with Gasteiger partial charge in [-0.3, -0.25) is 14.2 Å². The van der Waals surface area contributed by atoms with Crippen LogP contribution in [-0.4, -0.2) is 22.0 Å². The number of esters is 1. The highest BCUT2D eigenvalue weighted by molar-refractivity contribution is 6.16. The predicted molar refractivity (Wildman–Crippen MR) is 101 cm³/mol. The highest BCUT2D eigenvalue weighted by Gasteiger charge is 2.15. The summed E-state index contributed by atoms with van der Waals surface area (Å²) >= 11 is 0. The number of rotatable bonds is 5. The largest absolute Gasteiger partial charge is 0.462 e. The third-order valence-electron chi connectivity index (χ3n) is 3.80. The number of anilines is 1. The molecule has 27 heavy (non-hydrogen) atoms. The van der Waals surface area contributed by atoms with E-state index in [2.05, 4.69) is 16.4 Å². The highest BCUT2D eigenvalue weighted by Crippen LogP contribution is 2.16. The topological polar surface area (TPSA) is 96.5 Å². The number of hydrogen-bond donors (Lipinski definition) is 1. The van der Waals surface area contributed by atoms with Crippen LogP contribution in [0.15, 0.2) is 65.9 Å². The molecule has 7 heteroatoms. The van der Waals surface area contributed by atoms with E-state index in [9.17, 15) is 14.9 Å². The summed E-state index contributed by atoms with van der Waals surface area (Å²) in [6, 6.07) is 13.8. The molecule has 0 radical (unpaired) electrons.